The SMILES string of the molecule is N#Cc1cc(Oc2cccc(CN)c2)ccn1. The molecular formula is C13H11N3O. The summed E-state index contributed by atoms with van der Waals surface area (Å²) in [6.07, 6.45) is 1.54. The summed E-state index contributed by atoms with van der Waals surface area (Å²) in [7, 11) is 0. The molecule has 0 saturated heterocycles. The van der Waals surface area contributed by atoms with Gasteiger partial charge in [0.2, 0.25) is 0 Å². The van der Waals surface area contributed by atoms with Gasteiger partial charge >= 0.3 is 0 Å². The summed E-state index contributed by atoms with van der Waals surface area (Å²) < 4.78 is 5.62. The molecule has 0 spiro atoms. The fourth-order valence-corrected chi connectivity index (χ4v) is 1.41. The first-order valence-corrected chi connectivity index (χ1v) is 5.15. The number of pyridine rings is 1. The number of aromatic nitrogens is 1. The molecule has 2 aromatic rings. The summed E-state index contributed by atoms with van der Waals surface area (Å²) in [6.45, 7) is 0.469. The van der Waals surface area contributed by atoms with Gasteiger partial charge in [0.25, 0.3) is 0 Å². The van der Waals surface area contributed by atoms with E-state index in [-0.39, 0.29) is 0 Å². The molecule has 0 saturated carbocycles. The van der Waals surface area contributed by atoms with Gasteiger partial charge in [-0.2, -0.15) is 5.26 Å². The molecule has 0 radical (unpaired) electrons. The van der Waals surface area contributed by atoms with Gasteiger partial charge in [0.15, 0.2) is 0 Å². The van der Waals surface area contributed by atoms with Crippen LogP contribution in [0.15, 0.2) is 42.6 Å². The van der Waals surface area contributed by atoms with E-state index in [0.29, 0.717) is 23.7 Å². The number of nitrogens with zero attached hydrogens (tertiary/aromatic N) is 2. The van der Waals surface area contributed by atoms with Crippen molar-refractivity contribution in [3.63, 3.8) is 0 Å². The molecule has 0 fully saturated rings. The Bertz CT molecular complexity index is 561. The zero-order valence-corrected chi connectivity index (χ0v) is 9.13. The fraction of sp³-hybridized carbons (Fsp3) is 0.0769. The van der Waals surface area contributed by atoms with Crippen LogP contribution >= 0.6 is 0 Å². The first kappa shape index (κ1) is 11.1. The molecule has 0 aliphatic rings. The summed E-state index contributed by atoms with van der Waals surface area (Å²) in [5.74, 6) is 1.29. The van der Waals surface area contributed by atoms with E-state index in [1.165, 1.54) is 0 Å². The van der Waals surface area contributed by atoms with Crippen LogP contribution in [-0.2, 0) is 6.54 Å². The Morgan fingerprint density at radius 2 is 2.06 bits per heavy atom. The second-order valence-electron chi connectivity index (χ2n) is 3.44. The predicted molar refractivity (Wildman–Crippen MR) is 63.4 cm³/mol. The van der Waals surface area contributed by atoms with E-state index >= 15 is 0 Å². The third kappa shape index (κ3) is 2.80. The topological polar surface area (TPSA) is 71.9 Å². The van der Waals surface area contributed by atoms with Crippen molar-refractivity contribution in [2.24, 2.45) is 5.73 Å². The molecule has 84 valence electrons. The molecule has 0 aliphatic heterocycles. The Balaban J connectivity index is 2.22. The fourth-order valence-electron chi connectivity index (χ4n) is 1.41. The normalized spacial score (nSPS) is 9.65. The lowest BCUT2D eigenvalue weighted by Crippen LogP contribution is -1.96. The number of hydrogen-bond donors (Lipinski definition) is 1. The zero-order chi connectivity index (χ0) is 12.1. The molecule has 17 heavy (non-hydrogen) atoms. The minimum atomic E-state index is 0.331. The smallest absolute Gasteiger partial charge is 0.144 e. The second-order valence-corrected chi connectivity index (χ2v) is 3.44. The number of nitrogens with two attached hydrogens (primary N) is 1. The lowest BCUT2D eigenvalue weighted by Gasteiger charge is -2.06. The predicted octanol–water partition coefficient (Wildman–Crippen LogP) is 2.20. The highest BCUT2D eigenvalue weighted by atomic mass is 16.5. The summed E-state index contributed by atoms with van der Waals surface area (Å²) >= 11 is 0. The van der Waals surface area contributed by atoms with Crippen LogP contribution in [-0.4, -0.2) is 4.98 Å². The van der Waals surface area contributed by atoms with E-state index in [1.54, 1.807) is 18.3 Å². The van der Waals surface area contributed by atoms with Crippen molar-refractivity contribution in [1.29, 1.82) is 5.26 Å². The summed E-state index contributed by atoms with van der Waals surface area (Å²) in [4.78, 5) is 3.87. The van der Waals surface area contributed by atoms with Crippen molar-refractivity contribution in [3.8, 4) is 17.6 Å². The molecule has 2 N–H and O–H groups in total. The Hall–Kier alpha value is -2.38. The summed E-state index contributed by atoms with van der Waals surface area (Å²) in [5.41, 5.74) is 6.88. The molecule has 1 heterocycles. The van der Waals surface area contributed by atoms with Crippen LogP contribution in [0, 0.1) is 11.3 Å². The van der Waals surface area contributed by atoms with Crippen LogP contribution in [0.3, 0.4) is 0 Å². The van der Waals surface area contributed by atoms with Gasteiger partial charge in [0, 0.05) is 18.8 Å². The monoisotopic (exact) mass is 225 g/mol. The molecule has 4 heteroatoms. The number of rotatable bonds is 3. The maximum Gasteiger partial charge on any atom is 0.144 e. The zero-order valence-electron chi connectivity index (χ0n) is 9.13. The van der Waals surface area contributed by atoms with Crippen molar-refractivity contribution in [2.75, 3.05) is 0 Å². The summed E-state index contributed by atoms with van der Waals surface area (Å²) in [6, 6.07) is 12.8. The van der Waals surface area contributed by atoms with Crippen molar-refractivity contribution in [2.45, 2.75) is 6.54 Å². The van der Waals surface area contributed by atoms with Gasteiger partial charge in [-0.1, -0.05) is 12.1 Å². The lowest BCUT2D eigenvalue weighted by atomic mass is 10.2. The lowest BCUT2D eigenvalue weighted by molar-refractivity contribution is 0.481. The molecule has 1 aromatic heterocycles. The maximum absolute atomic E-state index is 8.73. The first-order chi connectivity index (χ1) is 8.31. The highest BCUT2D eigenvalue weighted by Crippen LogP contribution is 2.22. The van der Waals surface area contributed by atoms with Crippen molar-refractivity contribution < 1.29 is 4.74 Å². The third-order valence-corrected chi connectivity index (χ3v) is 2.22. The number of benzene rings is 1. The van der Waals surface area contributed by atoms with Crippen molar-refractivity contribution in [3.05, 3.63) is 53.9 Å². The highest BCUT2D eigenvalue weighted by molar-refractivity contribution is 5.36. The van der Waals surface area contributed by atoms with Crippen LogP contribution in [0.2, 0.25) is 0 Å². The molecule has 0 amide bonds. The van der Waals surface area contributed by atoms with E-state index in [4.69, 9.17) is 15.7 Å². The molecule has 1 aromatic carbocycles. The summed E-state index contributed by atoms with van der Waals surface area (Å²) in [5, 5.41) is 8.73. The van der Waals surface area contributed by atoms with Crippen LogP contribution in [0.25, 0.3) is 0 Å². The van der Waals surface area contributed by atoms with E-state index in [2.05, 4.69) is 4.98 Å². The van der Waals surface area contributed by atoms with Crippen molar-refractivity contribution >= 4 is 0 Å². The van der Waals surface area contributed by atoms with Crippen LogP contribution < -0.4 is 10.5 Å². The van der Waals surface area contributed by atoms with E-state index < -0.39 is 0 Å². The Labute approximate surface area is 99.3 Å². The van der Waals surface area contributed by atoms with Gasteiger partial charge in [0.05, 0.1) is 0 Å². The number of hydrogen-bond acceptors (Lipinski definition) is 4. The van der Waals surface area contributed by atoms with Gasteiger partial charge in [0.1, 0.15) is 23.3 Å². The second kappa shape index (κ2) is 5.10. The minimum absolute atomic E-state index is 0.331. The minimum Gasteiger partial charge on any atom is -0.457 e. The molecular weight excluding hydrogens is 214 g/mol. The van der Waals surface area contributed by atoms with Crippen LogP contribution in [0.4, 0.5) is 0 Å². The Kier molecular flexibility index (Phi) is 3.34. The molecule has 0 bridgehead atoms. The standard InChI is InChI=1S/C13H11N3O/c14-8-10-2-1-3-12(6-10)17-13-4-5-16-11(7-13)9-15/h1-7H,8,14H2. The number of nitriles is 1. The van der Waals surface area contributed by atoms with Gasteiger partial charge in [-0.25, -0.2) is 4.98 Å². The number of ether oxygens (including phenoxy) is 1. The first-order valence-electron chi connectivity index (χ1n) is 5.15. The van der Waals surface area contributed by atoms with Crippen LogP contribution in [0.1, 0.15) is 11.3 Å². The average molecular weight is 225 g/mol. The molecule has 0 aliphatic carbocycles. The third-order valence-electron chi connectivity index (χ3n) is 2.22. The van der Waals surface area contributed by atoms with E-state index in [9.17, 15) is 0 Å². The largest absolute Gasteiger partial charge is 0.457 e. The van der Waals surface area contributed by atoms with Crippen molar-refractivity contribution in [1.82, 2.24) is 4.98 Å². The molecule has 0 atom stereocenters. The highest BCUT2D eigenvalue weighted by Gasteiger charge is 2.00. The molecule has 4 nitrogen and oxygen atoms in total. The molecule has 2 rings (SSSR count). The Morgan fingerprint density at radius 3 is 2.82 bits per heavy atom. The van der Waals surface area contributed by atoms with Crippen LogP contribution in [0.5, 0.6) is 11.5 Å². The van der Waals surface area contributed by atoms with Gasteiger partial charge < -0.3 is 10.5 Å². The molecule has 0 unspecified atom stereocenters. The van der Waals surface area contributed by atoms with Gasteiger partial charge in [-0.15, -0.1) is 0 Å². The average Bonchev–Trinajstić information content (AvgIpc) is 2.39. The van der Waals surface area contributed by atoms with Gasteiger partial charge in [-0.3, -0.25) is 0 Å². The van der Waals surface area contributed by atoms with Gasteiger partial charge in [-0.05, 0) is 23.8 Å². The Morgan fingerprint density at radius 1 is 1.24 bits per heavy atom. The van der Waals surface area contributed by atoms with E-state index in [1.807, 2.05) is 30.3 Å². The maximum atomic E-state index is 8.73. The van der Waals surface area contributed by atoms with E-state index in [0.717, 1.165) is 5.56 Å². The quantitative estimate of drug-likeness (QED) is 0.869.